The number of aromatic nitrogens is 1. The average Bonchev–Trinajstić information content (AvgIpc) is 3.21. The van der Waals surface area contributed by atoms with Gasteiger partial charge in [0.05, 0.1) is 5.02 Å². The molecule has 0 spiro atoms. The molecule has 1 fully saturated rings. The molecule has 1 aromatic heterocycles. The number of hydrogen-bond donors (Lipinski definition) is 1. The number of carbonyl (C=O) groups excluding carboxylic acids is 1. The molecule has 2 aromatic rings. The maximum atomic E-state index is 12.4. The van der Waals surface area contributed by atoms with Gasteiger partial charge in [0.25, 0.3) is 5.91 Å². The number of hydrogen-bond acceptors (Lipinski definition) is 4. The predicted molar refractivity (Wildman–Crippen MR) is 78.6 cm³/mol. The van der Waals surface area contributed by atoms with Crippen LogP contribution in [0.25, 0.3) is 11.3 Å². The molecule has 114 valence electrons. The van der Waals surface area contributed by atoms with Gasteiger partial charge in [0.2, 0.25) is 0 Å². The Morgan fingerprint density at radius 3 is 2.73 bits per heavy atom. The fraction of sp³-hybridized carbons (Fsp3) is 0.267. The molecule has 0 saturated heterocycles. The number of benzene rings is 1. The Morgan fingerprint density at radius 2 is 2.09 bits per heavy atom. The van der Waals surface area contributed by atoms with E-state index in [1.165, 1.54) is 11.0 Å². The van der Waals surface area contributed by atoms with Crippen LogP contribution in [-0.4, -0.2) is 39.6 Å². The molecule has 0 atom stereocenters. The molecule has 3 rings (SSSR count). The Kier molecular flexibility index (Phi) is 3.85. The van der Waals surface area contributed by atoms with Gasteiger partial charge in [0, 0.05) is 17.7 Å². The zero-order valence-electron chi connectivity index (χ0n) is 11.5. The van der Waals surface area contributed by atoms with Gasteiger partial charge in [-0.05, 0) is 25.0 Å². The van der Waals surface area contributed by atoms with E-state index in [-0.39, 0.29) is 18.3 Å². The summed E-state index contributed by atoms with van der Waals surface area (Å²) in [4.78, 5) is 24.6. The van der Waals surface area contributed by atoms with Crippen LogP contribution >= 0.6 is 11.6 Å². The lowest BCUT2D eigenvalue weighted by Gasteiger charge is -2.18. The monoisotopic (exact) mass is 320 g/mol. The number of aliphatic carboxylic acids is 1. The van der Waals surface area contributed by atoms with E-state index in [0.717, 1.165) is 12.8 Å². The zero-order chi connectivity index (χ0) is 15.7. The van der Waals surface area contributed by atoms with Crippen molar-refractivity contribution in [3.05, 3.63) is 41.0 Å². The van der Waals surface area contributed by atoms with Crippen molar-refractivity contribution in [3.63, 3.8) is 0 Å². The third-order valence-electron chi connectivity index (χ3n) is 3.42. The summed E-state index contributed by atoms with van der Waals surface area (Å²) in [6.07, 6.45) is 1.63. The van der Waals surface area contributed by atoms with Crippen LogP contribution < -0.4 is 0 Å². The number of rotatable bonds is 5. The lowest BCUT2D eigenvalue weighted by molar-refractivity contribution is -0.137. The Balaban J connectivity index is 1.85. The standard InChI is InChI=1S/C15H13ClN2O4/c16-11-4-2-1-3-10(11)13-7-12(17-22-13)15(21)18(8-14(19)20)9-5-6-9/h1-4,7,9H,5-6,8H2,(H,19,20). The Hall–Kier alpha value is -2.34. The topological polar surface area (TPSA) is 83.6 Å². The maximum absolute atomic E-state index is 12.4. The van der Waals surface area contributed by atoms with E-state index in [9.17, 15) is 9.59 Å². The van der Waals surface area contributed by atoms with Gasteiger partial charge < -0.3 is 14.5 Å². The second kappa shape index (κ2) is 5.81. The van der Waals surface area contributed by atoms with Crippen LogP contribution in [0.5, 0.6) is 0 Å². The van der Waals surface area contributed by atoms with Crippen molar-refractivity contribution in [2.75, 3.05) is 6.54 Å². The van der Waals surface area contributed by atoms with Crippen molar-refractivity contribution < 1.29 is 19.2 Å². The summed E-state index contributed by atoms with van der Waals surface area (Å²) in [6.45, 7) is -0.336. The molecule has 1 saturated carbocycles. The molecule has 1 aromatic carbocycles. The van der Waals surface area contributed by atoms with E-state index in [0.29, 0.717) is 16.3 Å². The fourth-order valence-electron chi connectivity index (χ4n) is 2.21. The molecular weight excluding hydrogens is 308 g/mol. The highest BCUT2D eigenvalue weighted by Crippen LogP contribution is 2.30. The number of amides is 1. The van der Waals surface area contributed by atoms with Gasteiger partial charge in [-0.1, -0.05) is 28.9 Å². The van der Waals surface area contributed by atoms with Crippen molar-refractivity contribution in [3.8, 4) is 11.3 Å². The minimum absolute atomic E-state index is 0.0240. The Labute approximate surface area is 131 Å². The third-order valence-corrected chi connectivity index (χ3v) is 3.75. The molecule has 1 heterocycles. The van der Waals surface area contributed by atoms with Crippen LogP contribution in [0.1, 0.15) is 23.3 Å². The Morgan fingerprint density at radius 1 is 1.36 bits per heavy atom. The highest BCUT2D eigenvalue weighted by Gasteiger charge is 2.35. The molecule has 1 N–H and O–H groups in total. The highest BCUT2D eigenvalue weighted by molar-refractivity contribution is 6.33. The molecule has 0 unspecified atom stereocenters. The van der Waals surface area contributed by atoms with Crippen molar-refractivity contribution in [2.45, 2.75) is 18.9 Å². The maximum Gasteiger partial charge on any atom is 0.323 e. The molecule has 1 aliphatic rings. The van der Waals surface area contributed by atoms with Gasteiger partial charge in [0.15, 0.2) is 11.5 Å². The van der Waals surface area contributed by atoms with Crippen LogP contribution in [0.15, 0.2) is 34.9 Å². The molecule has 6 nitrogen and oxygen atoms in total. The quantitative estimate of drug-likeness (QED) is 0.915. The minimum Gasteiger partial charge on any atom is -0.480 e. The normalized spacial score (nSPS) is 13.9. The summed E-state index contributed by atoms with van der Waals surface area (Å²) in [7, 11) is 0. The summed E-state index contributed by atoms with van der Waals surface area (Å²) in [6, 6.07) is 8.52. The van der Waals surface area contributed by atoms with Crippen molar-refractivity contribution in [1.82, 2.24) is 10.1 Å². The van der Waals surface area contributed by atoms with Crippen LogP contribution in [-0.2, 0) is 4.79 Å². The molecule has 0 radical (unpaired) electrons. The molecule has 1 aliphatic carbocycles. The van der Waals surface area contributed by atoms with E-state index < -0.39 is 11.9 Å². The van der Waals surface area contributed by atoms with Gasteiger partial charge >= 0.3 is 5.97 Å². The third kappa shape index (κ3) is 2.96. The van der Waals surface area contributed by atoms with Gasteiger partial charge in [-0.15, -0.1) is 0 Å². The number of nitrogens with zero attached hydrogens (tertiary/aromatic N) is 2. The predicted octanol–water partition coefficient (Wildman–Crippen LogP) is 2.68. The van der Waals surface area contributed by atoms with Crippen LogP contribution in [0, 0.1) is 0 Å². The average molecular weight is 321 g/mol. The van der Waals surface area contributed by atoms with Crippen LogP contribution in [0.2, 0.25) is 5.02 Å². The van der Waals surface area contributed by atoms with Crippen molar-refractivity contribution >= 4 is 23.5 Å². The molecule has 7 heteroatoms. The number of carbonyl (C=O) groups is 2. The summed E-state index contributed by atoms with van der Waals surface area (Å²) in [5.41, 5.74) is 0.718. The van der Waals surface area contributed by atoms with Crippen LogP contribution in [0.3, 0.4) is 0 Å². The Bertz CT molecular complexity index is 724. The van der Waals surface area contributed by atoms with E-state index in [2.05, 4.69) is 5.16 Å². The smallest absolute Gasteiger partial charge is 0.323 e. The molecule has 22 heavy (non-hydrogen) atoms. The first-order valence-corrected chi connectivity index (χ1v) is 7.18. The fourth-order valence-corrected chi connectivity index (χ4v) is 2.44. The van der Waals surface area contributed by atoms with Crippen molar-refractivity contribution in [1.29, 1.82) is 0 Å². The van der Waals surface area contributed by atoms with Crippen LogP contribution in [0.4, 0.5) is 0 Å². The molecule has 1 amide bonds. The first-order valence-electron chi connectivity index (χ1n) is 6.80. The number of carboxylic acids is 1. The number of carboxylic acid groups (broad SMARTS) is 1. The second-order valence-electron chi connectivity index (χ2n) is 5.11. The van der Waals surface area contributed by atoms with Gasteiger partial charge in [-0.25, -0.2) is 0 Å². The molecule has 0 aliphatic heterocycles. The van der Waals surface area contributed by atoms with Gasteiger partial charge in [-0.3, -0.25) is 9.59 Å². The first-order chi connectivity index (χ1) is 10.6. The van der Waals surface area contributed by atoms with E-state index in [1.807, 2.05) is 0 Å². The second-order valence-corrected chi connectivity index (χ2v) is 5.52. The highest BCUT2D eigenvalue weighted by atomic mass is 35.5. The summed E-state index contributed by atoms with van der Waals surface area (Å²) in [5, 5.41) is 13.2. The first kappa shape index (κ1) is 14.6. The SMILES string of the molecule is O=C(O)CN(C(=O)c1cc(-c2ccccc2Cl)on1)C1CC1. The summed E-state index contributed by atoms with van der Waals surface area (Å²) < 4.78 is 5.18. The van der Waals surface area contributed by atoms with E-state index >= 15 is 0 Å². The largest absolute Gasteiger partial charge is 0.480 e. The molecule has 0 bridgehead atoms. The number of halogens is 1. The summed E-state index contributed by atoms with van der Waals surface area (Å²) >= 11 is 6.08. The van der Waals surface area contributed by atoms with E-state index in [1.54, 1.807) is 24.3 Å². The van der Waals surface area contributed by atoms with Gasteiger partial charge in [0.1, 0.15) is 6.54 Å². The summed E-state index contributed by atoms with van der Waals surface area (Å²) in [5.74, 6) is -1.11. The van der Waals surface area contributed by atoms with Gasteiger partial charge in [-0.2, -0.15) is 0 Å². The lowest BCUT2D eigenvalue weighted by Crippen LogP contribution is -2.37. The van der Waals surface area contributed by atoms with Crippen molar-refractivity contribution in [2.24, 2.45) is 0 Å². The molecular formula is C15H13ClN2O4. The van der Waals surface area contributed by atoms with E-state index in [4.69, 9.17) is 21.2 Å². The lowest BCUT2D eigenvalue weighted by atomic mass is 10.1. The zero-order valence-corrected chi connectivity index (χ0v) is 12.3. The minimum atomic E-state index is -1.05.